The van der Waals surface area contributed by atoms with Gasteiger partial charge in [0.2, 0.25) is 5.91 Å². The number of nitrogen functional groups attached to an aromatic ring is 1. The number of aromatic nitrogens is 2. The van der Waals surface area contributed by atoms with Crippen molar-refractivity contribution in [3.8, 4) is 0 Å². The standard InChI is InChI=1S/C9H16N4O/c1-6-8(10)5-11-13(6)7(2)9(14)12(3)4/h5,7H,10H2,1-4H3/t7-/m0/s1. The number of likely N-dealkylation sites (N-methyl/N-ethyl adjacent to an activating group) is 1. The van der Waals surface area contributed by atoms with Crippen molar-refractivity contribution in [3.05, 3.63) is 11.9 Å². The molecule has 5 heteroatoms. The normalized spacial score (nSPS) is 12.6. The Hall–Kier alpha value is -1.52. The van der Waals surface area contributed by atoms with Gasteiger partial charge in [0, 0.05) is 14.1 Å². The minimum absolute atomic E-state index is 0.0104. The maximum Gasteiger partial charge on any atom is 0.246 e. The van der Waals surface area contributed by atoms with Crippen LogP contribution in [0, 0.1) is 6.92 Å². The lowest BCUT2D eigenvalue weighted by atomic mass is 10.3. The molecular formula is C9H16N4O. The van der Waals surface area contributed by atoms with Gasteiger partial charge in [0.05, 0.1) is 17.6 Å². The number of anilines is 1. The molecule has 0 saturated heterocycles. The molecule has 0 aliphatic heterocycles. The molecule has 5 nitrogen and oxygen atoms in total. The van der Waals surface area contributed by atoms with E-state index in [1.54, 1.807) is 29.9 Å². The average molecular weight is 196 g/mol. The highest BCUT2D eigenvalue weighted by Gasteiger charge is 2.19. The van der Waals surface area contributed by atoms with Crippen molar-refractivity contribution < 1.29 is 4.79 Å². The number of nitrogens with zero attached hydrogens (tertiary/aromatic N) is 3. The second kappa shape index (κ2) is 3.69. The van der Waals surface area contributed by atoms with Gasteiger partial charge < -0.3 is 10.6 Å². The molecule has 14 heavy (non-hydrogen) atoms. The van der Waals surface area contributed by atoms with Crippen molar-refractivity contribution in [1.29, 1.82) is 0 Å². The number of amides is 1. The van der Waals surface area contributed by atoms with Gasteiger partial charge in [0.25, 0.3) is 0 Å². The highest BCUT2D eigenvalue weighted by Crippen LogP contribution is 2.15. The summed E-state index contributed by atoms with van der Waals surface area (Å²) >= 11 is 0. The van der Waals surface area contributed by atoms with Crippen LogP contribution in [0.3, 0.4) is 0 Å². The second-order valence-corrected chi connectivity index (χ2v) is 3.54. The first-order valence-electron chi connectivity index (χ1n) is 4.46. The van der Waals surface area contributed by atoms with Gasteiger partial charge in [-0.25, -0.2) is 0 Å². The largest absolute Gasteiger partial charge is 0.396 e. The number of nitrogens with two attached hydrogens (primary N) is 1. The van der Waals surface area contributed by atoms with Crippen LogP contribution in [0.2, 0.25) is 0 Å². The topological polar surface area (TPSA) is 64.1 Å². The molecule has 1 rings (SSSR count). The smallest absolute Gasteiger partial charge is 0.246 e. The first-order chi connectivity index (χ1) is 6.45. The second-order valence-electron chi connectivity index (χ2n) is 3.54. The van der Waals surface area contributed by atoms with Crippen LogP contribution in [0.5, 0.6) is 0 Å². The van der Waals surface area contributed by atoms with Gasteiger partial charge in [0.15, 0.2) is 0 Å². The Balaban J connectivity index is 2.95. The number of hydrogen-bond donors (Lipinski definition) is 1. The summed E-state index contributed by atoms with van der Waals surface area (Å²) in [6.07, 6.45) is 1.56. The number of carbonyl (C=O) groups excluding carboxylic acids is 1. The van der Waals surface area contributed by atoms with Crippen molar-refractivity contribution in [1.82, 2.24) is 14.7 Å². The Morgan fingerprint density at radius 2 is 2.21 bits per heavy atom. The lowest BCUT2D eigenvalue weighted by Crippen LogP contribution is -2.30. The van der Waals surface area contributed by atoms with Gasteiger partial charge in [-0.15, -0.1) is 0 Å². The summed E-state index contributed by atoms with van der Waals surface area (Å²) in [7, 11) is 3.45. The maximum absolute atomic E-state index is 11.6. The highest BCUT2D eigenvalue weighted by molar-refractivity contribution is 5.79. The molecule has 0 aliphatic rings. The highest BCUT2D eigenvalue weighted by atomic mass is 16.2. The van der Waals surface area contributed by atoms with Crippen molar-refractivity contribution in [3.63, 3.8) is 0 Å². The third kappa shape index (κ3) is 1.71. The lowest BCUT2D eigenvalue weighted by molar-refractivity contribution is -0.132. The Kier molecular flexibility index (Phi) is 2.78. The fraction of sp³-hybridized carbons (Fsp3) is 0.556. The van der Waals surface area contributed by atoms with Crippen molar-refractivity contribution in [2.45, 2.75) is 19.9 Å². The van der Waals surface area contributed by atoms with E-state index in [1.807, 2.05) is 13.8 Å². The van der Waals surface area contributed by atoms with E-state index in [4.69, 9.17) is 5.73 Å². The predicted octanol–water partition coefficient (Wildman–Crippen LogP) is 0.423. The summed E-state index contributed by atoms with van der Waals surface area (Å²) in [4.78, 5) is 13.2. The molecule has 0 radical (unpaired) electrons. The third-order valence-corrected chi connectivity index (χ3v) is 2.25. The third-order valence-electron chi connectivity index (χ3n) is 2.25. The Morgan fingerprint density at radius 1 is 1.64 bits per heavy atom. The molecule has 2 N–H and O–H groups in total. The zero-order chi connectivity index (χ0) is 10.9. The molecule has 1 aromatic rings. The van der Waals surface area contributed by atoms with Crippen LogP contribution < -0.4 is 5.73 Å². The van der Waals surface area contributed by atoms with E-state index in [-0.39, 0.29) is 11.9 Å². The van der Waals surface area contributed by atoms with Gasteiger partial charge in [-0.05, 0) is 13.8 Å². The van der Waals surface area contributed by atoms with E-state index < -0.39 is 0 Å². The summed E-state index contributed by atoms with van der Waals surface area (Å²) in [6, 6.07) is -0.303. The summed E-state index contributed by atoms with van der Waals surface area (Å²) in [5.74, 6) is 0.0104. The molecule has 0 bridgehead atoms. The Labute approximate surface area is 83.5 Å². The molecule has 0 unspecified atom stereocenters. The van der Waals surface area contributed by atoms with Gasteiger partial charge in [-0.2, -0.15) is 5.10 Å². The molecule has 1 heterocycles. The molecule has 1 atom stereocenters. The number of carbonyl (C=O) groups is 1. The van der Waals surface area contributed by atoms with E-state index in [0.717, 1.165) is 5.69 Å². The zero-order valence-corrected chi connectivity index (χ0v) is 8.98. The molecule has 78 valence electrons. The van der Waals surface area contributed by atoms with Crippen LogP contribution in [0.4, 0.5) is 5.69 Å². The minimum atomic E-state index is -0.303. The van der Waals surface area contributed by atoms with Gasteiger partial charge in [-0.1, -0.05) is 0 Å². The molecule has 0 aliphatic carbocycles. The quantitative estimate of drug-likeness (QED) is 0.745. The van der Waals surface area contributed by atoms with Crippen molar-refractivity contribution in [2.24, 2.45) is 0 Å². The van der Waals surface area contributed by atoms with Gasteiger partial charge >= 0.3 is 0 Å². The van der Waals surface area contributed by atoms with Crippen LogP contribution in [0.25, 0.3) is 0 Å². The maximum atomic E-state index is 11.6. The van der Waals surface area contributed by atoms with E-state index in [2.05, 4.69) is 5.10 Å². The molecule has 0 saturated carbocycles. The first kappa shape index (κ1) is 10.6. The van der Waals surface area contributed by atoms with E-state index in [1.165, 1.54) is 0 Å². The molecular weight excluding hydrogens is 180 g/mol. The van der Waals surface area contributed by atoms with E-state index in [9.17, 15) is 4.79 Å². The molecule has 1 aromatic heterocycles. The van der Waals surface area contributed by atoms with Crippen molar-refractivity contribution >= 4 is 11.6 Å². The zero-order valence-electron chi connectivity index (χ0n) is 8.98. The van der Waals surface area contributed by atoms with Gasteiger partial charge in [-0.3, -0.25) is 9.48 Å². The Bertz CT molecular complexity index is 343. The molecule has 0 spiro atoms. The summed E-state index contributed by atoms with van der Waals surface area (Å²) in [5.41, 5.74) is 7.09. The monoisotopic (exact) mass is 196 g/mol. The lowest BCUT2D eigenvalue weighted by Gasteiger charge is -2.18. The Morgan fingerprint density at radius 3 is 2.57 bits per heavy atom. The van der Waals surface area contributed by atoms with E-state index >= 15 is 0 Å². The molecule has 1 amide bonds. The number of rotatable bonds is 2. The van der Waals surface area contributed by atoms with Crippen LogP contribution in [0.15, 0.2) is 6.20 Å². The van der Waals surface area contributed by atoms with Crippen LogP contribution >= 0.6 is 0 Å². The fourth-order valence-corrected chi connectivity index (χ4v) is 1.31. The SMILES string of the molecule is Cc1c(N)cnn1[C@@H](C)C(=O)N(C)C. The summed E-state index contributed by atoms with van der Waals surface area (Å²) in [6.45, 7) is 3.66. The minimum Gasteiger partial charge on any atom is -0.396 e. The fourth-order valence-electron chi connectivity index (χ4n) is 1.31. The van der Waals surface area contributed by atoms with Gasteiger partial charge in [0.1, 0.15) is 6.04 Å². The van der Waals surface area contributed by atoms with Crippen LogP contribution in [-0.4, -0.2) is 34.7 Å². The predicted molar refractivity (Wildman–Crippen MR) is 54.8 cm³/mol. The number of hydrogen-bond acceptors (Lipinski definition) is 3. The van der Waals surface area contributed by atoms with Crippen molar-refractivity contribution in [2.75, 3.05) is 19.8 Å². The first-order valence-corrected chi connectivity index (χ1v) is 4.46. The molecule has 0 aromatic carbocycles. The van der Waals surface area contributed by atoms with Crippen LogP contribution in [-0.2, 0) is 4.79 Å². The summed E-state index contributed by atoms with van der Waals surface area (Å²) in [5, 5.41) is 4.06. The van der Waals surface area contributed by atoms with E-state index in [0.29, 0.717) is 5.69 Å². The van der Waals surface area contributed by atoms with Crippen LogP contribution in [0.1, 0.15) is 18.7 Å². The summed E-state index contributed by atoms with van der Waals surface area (Å²) < 4.78 is 1.64. The average Bonchev–Trinajstić information content (AvgIpc) is 2.45. The molecule has 0 fully saturated rings.